The normalized spacial score (nSPS) is 12.9. The zero-order chi connectivity index (χ0) is 20.8. The van der Waals surface area contributed by atoms with Crippen LogP contribution in [0.1, 0.15) is 23.1 Å². The van der Waals surface area contributed by atoms with Crippen LogP contribution in [0.15, 0.2) is 78.3 Å². The number of aryl methyl sites for hydroxylation is 1. The summed E-state index contributed by atoms with van der Waals surface area (Å²) in [4.78, 5) is 21.0. The van der Waals surface area contributed by atoms with E-state index in [2.05, 4.69) is 31.6 Å². The third kappa shape index (κ3) is 4.72. The highest BCUT2D eigenvalue weighted by atomic mass is 16.1. The predicted octanol–water partition coefficient (Wildman–Crippen LogP) is 4.40. The van der Waals surface area contributed by atoms with Crippen molar-refractivity contribution in [2.75, 3.05) is 5.32 Å². The minimum Gasteiger partial charge on any atom is -0.310 e. The topological polar surface area (TPSA) is 80.1 Å². The molecular weight excluding hydrogens is 374 g/mol. The fourth-order valence-corrected chi connectivity index (χ4v) is 3.32. The second kappa shape index (κ2) is 9.05. The van der Waals surface area contributed by atoms with Crippen LogP contribution in [0.3, 0.4) is 0 Å². The zero-order valence-corrected chi connectivity index (χ0v) is 16.6. The van der Waals surface area contributed by atoms with Gasteiger partial charge in [-0.05, 0) is 65.4 Å². The minimum atomic E-state index is -0.103. The fourth-order valence-electron chi connectivity index (χ4n) is 3.32. The van der Waals surface area contributed by atoms with E-state index >= 15 is 0 Å². The average Bonchev–Trinajstić information content (AvgIpc) is 3.05. The highest BCUT2D eigenvalue weighted by Crippen LogP contribution is 2.24. The molecule has 3 aromatic rings. The second-order valence-corrected chi connectivity index (χ2v) is 7.02. The number of carbonyl (C=O) groups excluding carboxylic acids is 1. The molecule has 1 aliphatic rings. The molecule has 0 atom stereocenters. The van der Waals surface area contributed by atoms with Crippen molar-refractivity contribution in [1.29, 1.82) is 0 Å². The minimum absolute atomic E-state index is 0.103. The lowest BCUT2D eigenvalue weighted by molar-refractivity contribution is -0.115. The van der Waals surface area contributed by atoms with Gasteiger partial charge in [-0.1, -0.05) is 24.3 Å². The Hall–Kier alpha value is -3.93. The lowest BCUT2D eigenvalue weighted by Gasteiger charge is -2.09. The van der Waals surface area contributed by atoms with Crippen molar-refractivity contribution in [2.24, 2.45) is 4.99 Å². The number of benzene rings is 1. The van der Waals surface area contributed by atoms with Crippen molar-refractivity contribution >= 4 is 23.5 Å². The highest BCUT2D eigenvalue weighted by Gasteiger charge is 2.09. The standard InChI is InChI=1S/C24H21N5O/c1-17-12-18(5-7-22(17)21-9-11-27-28-16-21)13-24(30)29-23-8-6-20(15-26-23)19-4-2-3-10-25-14-19/h2-3,5-12,14-16H,4,13H2,1H3,(H,26,29,30). The molecule has 0 saturated carbocycles. The summed E-state index contributed by atoms with van der Waals surface area (Å²) in [5.74, 6) is 0.433. The number of pyridine rings is 1. The third-order valence-electron chi connectivity index (χ3n) is 4.83. The second-order valence-electron chi connectivity index (χ2n) is 7.02. The van der Waals surface area contributed by atoms with E-state index in [0.29, 0.717) is 5.82 Å². The van der Waals surface area contributed by atoms with Gasteiger partial charge in [-0.25, -0.2) is 4.98 Å². The van der Waals surface area contributed by atoms with E-state index in [9.17, 15) is 4.79 Å². The van der Waals surface area contributed by atoms with E-state index in [1.807, 2.05) is 55.6 Å². The van der Waals surface area contributed by atoms with Gasteiger partial charge in [-0.2, -0.15) is 10.2 Å². The van der Waals surface area contributed by atoms with Crippen molar-refractivity contribution in [2.45, 2.75) is 19.8 Å². The van der Waals surface area contributed by atoms with Crippen LogP contribution >= 0.6 is 0 Å². The Labute approximate surface area is 175 Å². The lowest BCUT2D eigenvalue weighted by atomic mass is 9.99. The van der Waals surface area contributed by atoms with Gasteiger partial charge in [0, 0.05) is 24.2 Å². The van der Waals surface area contributed by atoms with E-state index in [4.69, 9.17) is 0 Å². The molecule has 30 heavy (non-hydrogen) atoms. The number of carbonyl (C=O) groups is 1. The van der Waals surface area contributed by atoms with Crippen LogP contribution < -0.4 is 5.32 Å². The molecule has 0 aliphatic carbocycles. The molecule has 148 valence electrons. The van der Waals surface area contributed by atoms with Crippen LogP contribution in [0.2, 0.25) is 0 Å². The molecule has 0 unspecified atom stereocenters. The number of hydrogen-bond acceptors (Lipinski definition) is 5. The molecule has 0 saturated heterocycles. The first-order chi connectivity index (χ1) is 14.7. The zero-order valence-electron chi connectivity index (χ0n) is 16.6. The molecule has 0 bridgehead atoms. The number of nitrogens with one attached hydrogen (secondary N) is 1. The SMILES string of the molecule is Cc1cc(CC(=O)Nc2ccc(C3=CN=CC=CC3)cn2)ccc1-c1ccnnc1. The maximum Gasteiger partial charge on any atom is 0.229 e. The van der Waals surface area contributed by atoms with Gasteiger partial charge < -0.3 is 5.32 Å². The molecule has 1 N–H and O–H groups in total. The van der Waals surface area contributed by atoms with E-state index in [-0.39, 0.29) is 12.3 Å². The van der Waals surface area contributed by atoms with Crippen LogP contribution in [0.4, 0.5) is 5.82 Å². The van der Waals surface area contributed by atoms with Gasteiger partial charge in [0.05, 0.1) is 18.8 Å². The largest absolute Gasteiger partial charge is 0.310 e. The Kier molecular flexibility index (Phi) is 5.85. The van der Waals surface area contributed by atoms with Crippen molar-refractivity contribution in [1.82, 2.24) is 15.2 Å². The van der Waals surface area contributed by atoms with Crippen molar-refractivity contribution in [3.05, 3.63) is 90.0 Å². The van der Waals surface area contributed by atoms with Gasteiger partial charge >= 0.3 is 0 Å². The number of aliphatic imine (C=N–C) groups is 1. The molecule has 1 amide bonds. The molecular formula is C24H21N5O. The summed E-state index contributed by atoms with van der Waals surface area (Å²) in [7, 11) is 0. The number of aromatic nitrogens is 3. The van der Waals surface area contributed by atoms with Crippen LogP contribution in [0.5, 0.6) is 0 Å². The monoisotopic (exact) mass is 395 g/mol. The van der Waals surface area contributed by atoms with Crippen LogP contribution in [-0.4, -0.2) is 27.3 Å². The van der Waals surface area contributed by atoms with Gasteiger partial charge in [0.15, 0.2) is 0 Å². The summed E-state index contributed by atoms with van der Waals surface area (Å²) in [6.07, 6.45) is 13.8. The lowest BCUT2D eigenvalue weighted by Crippen LogP contribution is -2.15. The summed E-state index contributed by atoms with van der Waals surface area (Å²) in [5.41, 5.74) is 6.20. The molecule has 1 aromatic carbocycles. The number of rotatable bonds is 5. The molecule has 1 aliphatic heterocycles. The van der Waals surface area contributed by atoms with Gasteiger partial charge in [0.2, 0.25) is 5.91 Å². The summed E-state index contributed by atoms with van der Waals surface area (Å²) >= 11 is 0. The number of amides is 1. The van der Waals surface area contributed by atoms with Gasteiger partial charge in [0.25, 0.3) is 0 Å². The Bertz CT molecular complexity index is 1130. The quantitative estimate of drug-likeness (QED) is 0.694. The Morgan fingerprint density at radius 1 is 1.07 bits per heavy atom. The first kappa shape index (κ1) is 19.4. The predicted molar refractivity (Wildman–Crippen MR) is 119 cm³/mol. The summed E-state index contributed by atoms with van der Waals surface area (Å²) in [5, 5.41) is 10.6. The first-order valence-electron chi connectivity index (χ1n) is 9.69. The Morgan fingerprint density at radius 2 is 2.00 bits per heavy atom. The van der Waals surface area contributed by atoms with Gasteiger partial charge in [-0.15, -0.1) is 0 Å². The molecule has 0 fully saturated rings. The molecule has 4 rings (SSSR count). The highest BCUT2D eigenvalue weighted by molar-refractivity contribution is 5.91. The van der Waals surface area contributed by atoms with Crippen LogP contribution in [0, 0.1) is 6.92 Å². The van der Waals surface area contributed by atoms with E-state index in [1.165, 1.54) is 0 Å². The average molecular weight is 395 g/mol. The fraction of sp³-hybridized carbons (Fsp3) is 0.125. The van der Waals surface area contributed by atoms with Crippen molar-refractivity contribution in [3.8, 4) is 11.1 Å². The molecule has 3 heterocycles. The van der Waals surface area contributed by atoms with E-state index in [1.54, 1.807) is 24.8 Å². The molecule has 0 radical (unpaired) electrons. The van der Waals surface area contributed by atoms with E-state index in [0.717, 1.165) is 39.8 Å². The maximum absolute atomic E-state index is 12.5. The van der Waals surface area contributed by atoms with Crippen LogP contribution in [0.25, 0.3) is 16.7 Å². The van der Waals surface area contributed by atoms with E-state index < -0.39 is 0 Å². The Balaban J connectivity index is 1.40. The summed E-state index contributed by atoms with van der Waals surface area (Å²) in [6.45, 7) is 2.03. The van der Waals surface area contributed by atoms with Crippen molar-refractivity contribution in [3.63, 3.8) is 0 Å². The molecule has 0 spiro atoms. The third-order valence-corrected chi connectivity index (χ3v) is 4.83. The van der Waals surface area contributed by atoms with Gasteiger partial charge in [0.1, 0.15) is 5.82 Å². The summed E-state index contributed by atoms with van der Waals surface area (Å²) in [6, 6.07) is 11.7. The molecule has 6 heteroatoms. The smallest absolute Gasteiger partial charge is 0.229 e. The number of hydrogen-bond donors (Lipinski definition) is 1. The van der Waals surface area contributed by atoms with Crippen molar-refractivity contribution < 1.29 is 4.79 Å². The molecule has 6 nitrogen and oxygen atoms in total. The molecule has 2 aromatic heterocycles. The Morgan fingerprint density at radius 3 is 2.77 bits per heavy atom. The first-order valence-corrected chi connectivity index (χ1v) is 9.69. The van der Waals surface area contributed by atoms with Crippen LogP contribution in [-0.2, 0) is 11.2 Å². The maximum atomic E-state index is 12.5. The summed E-state index contributed by atoms with van der Waals surface area (Å²) < 4.78 is 0. The number of nitrogens with zero attached hydrogens (tertiary/aromatic N) is 4. The number of anilines is 1. The van der Waals surface area contributed by atoms with Gasteiger partial charge in [-0.3, -0.25) is 9.79 Å². The number of allylic oxidation sites excluding steroid dienone is 3.